The molecule has 3 nitrogen and oxygen atoms in total. The number of benzene rings is 1. The monoisotopic (exact) mass is 340 g/mol. The average Bonchev–Trinajstić information content (AvgIpc) is 3.11. The van der Waals surface area contributed by atoms with Crippen LogP contribution in [0, 0.1) is 5.92 Å². The smallest absolute Gasteiger partial charge is 0.156 e. The average molecular weight is 341 g/mol. The van der Waals surface area contributed by atoms with Crippen molar-refractivity contribution in [1.29, 1.82) is 0 Å². The standard InChI is InChI=1S/C15H17ClN2OS2/c16-14-13(9-17-8-11-6-7-19-10-11)21-15(18-14)20-12-4-2-1-3-5-12/h1-5,11,17H,6-10H2. The molecular formula is C15H17ClN2OS2. The molecule has 2 aromatic rings. The number of thiazole rings is 1. The highest BCUT2D eigenvalue weighted by Crippen LogP contribution is 2.34. The zero-order chi connectivity index (χ0) is 14.5. The summed E-state index contributed by atoms with van der Waals surface area (Å²) < 4.78 is 6.37. The molecule has 6 heteroatoms. The van der Waals surface area contributed by atoms with Gasteiger partial charge >= 0.3 is 0 Å². The van der Waals surface area contributed by atoms with E-state index in [-0.39, 0.29) is 0 Å². The molecule has 1 aromatic carbocycles. The van der Waals surface area contributed by atoms with Crippen LogP contribution in [0.3, 0.4) is 0 Å². The Morgan fingerprint density at radius 2 is 2.24 bits per heavy atom. The van der Waals surface area contributed by atoms with E-state index in [1.807, 2.05) is 18.2 Å². The van der Waals surface area contributed by atoms with Gasteiger partial charge in [0, 0.05) is 24.6 Å². The van der Waals surface area contributed by atoms with Crippen LogP contribution in [0.1, 0.15) is 11.3 Å². The van der Waals surface area contributed by atoms with Crippen LogP contribution in [0.25, 0.3) is 0 Å². The third kappa shape index (κ3) is 4.44. The van der Waals surface area contributed by atoms with Crippen LogP contribution in [-0.4, -0.2) is 24.7 Å². The van der Waals surface area contributed by atoms with Crippen LogP contribution in [0.5, 0.6) is 0 Å². The molecule has 1 aliphatic rings. The largest absolute Gasteiger partial charge is 0.381 e. The van der Waals surface area contributed by atoms with Gasteiger partial charge in [-0.3, -0.25) is 0 Å². The summed E-state index contributed by atoms with van der Waals surface area (Å²) in [5, 5.41) is 4.08. The lowest BCUT2D eigenvalue weighted by atomic mass is 10.1. The van der Waals surface area contributed by atoms with Crippen molar-refractivity contribution in [2.45, 2.75) is 22.2 Å². The van der Waals surface area contributed by atoms with Crippen molar-refractivity contribution in [1.82, 2.24) is 10.3 Å². The first kappa shape index (κ1) is 15.3. The minimum absolute atomic E-state index is 0.619. The normalized spacial score (nSPS) is 18.2. The van der Waals surface area contributed by atoms with Gasteiger partial charge in [0.25, 0.3) is 0 Å². The quantitative estimate of drug-likeness (QED) is 0.859. The molecule has 21 heavy (non-hydrogen) atoms. The van der Waals surface area contributed by atoms with Gasteiger partial charge in [-0.25, -0.2) is 4.98 Å². The molecule has 112 valence electrons. The highest BCUT2D eigenvalue weighted by molar-refractivity contribution is 8.01. The van der Waals surface area contributed by atoms with Gasteiger partial charge in [-0.1, -0.05) is 41.6 Å². The Morgan fingerprint density at radius 1 is 1.38 bits per heavy atom. The number of nitrogens with one attached hydrogen (secondary N) is 1. The van der Waals surface area contributed by atoms with Crippen LogP contribution in [-0.2, 0) is 11.3 Å². The third-order valence-electron chi connectivity index (χ3n) is 3.32. The van der Waals surface area contributed by atoms with Crippen molar-refractivity contribution in [3.8, 4) is 0 Å². The van der Waals surface area contributed by atoms with Crippen LogP contribution in [0.2, 0.25) is 5.15 Å². The summed E-state index contributed by atoms with van der Waals surface area (Å²) in [7, 11) is 0. The zero-order valence-corrected chi connectivity index (χ0v) is 13.9. The maximum absolute atomic E-state index is 6.23. The molecule has 3 rings (SSSR count). The van der Waals surface area contributed by atoms with E-state index >= 15 is 0 Å². The van der Waals surface area contributed by atoms with Gasteiger partial charge in [0.2, 0.25) is 0 Å². The number of aromatic nitrogens is 1. The van der Waals surface area contributed by atoms with E-state index < -0.39 is 0 Å². The molecule has 1 aliphatic heterocycles. The number of halogens is 1. The molecular weight excluding hydrogens is 324 g/mol. The fraction of sp³-hybridized carbons (Fsp3) is 0.400. The van der Waals surface area contributed by atoms with Crippen molar-refractivity contribution in [2.24, 2.45) is 5.92 Å². The Bertz CT molecular complexity index is 570. The molecule has 1 fully saturated rings. The first-order valence-corrected chi connectivity index (χ1v) is 8.99. The van der Waals surface area contributed by atoms with Gasteiger partial charge < -0.3 is 10.1 Å². The summed E-state index contributed by atoms with van der Waals surface area (Å²) in [4.78, 5) is 6.73. The molecule has 1 aromatic heterocycles. The van der Waals surface area contributed by atoms with E-state index in [0.29, 0.717) is 11.1 Å². The van der Waals surface area contributed by atoms with E-state index in [1.54, 1.807) is 23.1 Å². The molecule has 0 amide bonds. The van der Waals surface area contributed by atoms with Gasteiger partial charge in [0.15, 0.2) is 4.34 Å². The fourth-order valence-electron chi connectivity index (χ4n) is 2.19. The Labute approximate surface area is 138 Å². The van der Waals surface area contributed by atoms with Crippen molar-refractivity contribution in [2.75, 3.05) is 19.8 Å². The van der Waals surface area contributed by atoms with Crippen LogP contribution in [0.4, 0.5) is 0 Å². The van der Waals surface area contributed by atoms with E-state index in [2.05, 4.69) is 22.4 Å². The van der Waals surface area contributed by atoms with Crippen LogP contribution >= 0.6 is 34.7 Å². The molecule has 1 atom stereocenters. The molecule has 0 spiro atoms. The van der Waals surface area contributed by atoms with E-state index in [1.165, 1.54) is 4.90 Å². The lowest BCUT2D eigenvalue weighted by Gasteiger charge is -2.07. The molecule has 0 saturated carbocycles. The maximum Gasteiger partial charge on any atom is 0.156 e. The molecule has 0 radical (unpaired) electrons. The zero-order valence-electron chi connectivity index (χ0n) is 11.5. The topological polar surface area (TPSA) is 34.2 Å². The van der Waals surface area contributed by atoms with Crippen molar-refractivity contribution in [3.05, 3.63) is 40.4 Å². The number of ether oxygens (including phenoxy) is 1. The third-order valence-corrected chi connectivity index (χ3v) is 5.87. The lowest BCUT2D eigenvalue weighted by Crippen LogP contribution is -2.22. The van der Waals surface area contributed by atoms with Gasteiger partial charge in [0.1, 0.15) is 5.15 Å². The molecule has 1 saturated heterocycles. The second-order valence-corrected chi connectivity index (χ2v) is 7.73. The van der Waals surface area contributed by atoms with E-state index in [0.717, 1.165) is 41.9 Å². The first-order chi connectivity index (χ1) is 10.3. The minimum Gasteiger partial charge on any atom is -0.381 e. The number of nitrogens with zero attached hydrogens (tertiary/aromatic N) is 1. The van der Waals surface area contributed by atoms with E-state index in [9.17, 15) is 0 Å². The van der Waals surface area contributed by atoms with Gasteiger partial charge in [-0.05, 0) is 24.5 Å². The predicted molar refractivity (Wildman–Crippen MR) is 88.3 cm³/mol. The molecule has 0 bridgehead atoms. The molecule has 1 unspecified atom stereocenters. The Kier molecular flexibility index (Phi) is 5.55. The SMILES string of the molecule is Clc1nc(Sc2ccccc2)sc1CNCC1CCOC1. The van der Waals surface area contributed by atoms with Gasteiger partial charge in [0.05, 0.1) is 11.5 Å². The number of hydrogen-bond donors (Lipinski definition) is 1. The predicted octanol–water partition coefficient (Wildman–Crippen LogP) is 4.07. The summed E-state index contributed by atoms with van der Waals surface area (Å²) in [5.41, 5.74) is 0. The highest BCUT2D eigenvalue weighted by Gasteiger charge is 2.16. The van der Waals surface area contributed by atoms with Gasteiger partial charge in [-0.2, -0.15) is 0 Å². The lowest BCUT2D eigenvalue weighted by molar-refractivity contribution is 0.185. The number of rotatable bonds is 6. The Balaban J connectivity index is 1.54. The van der Waals surface area contributed by atoms with Crippen LogP contribution < -0.4 is 5.32 Å². The second kappa shape index (κ2) is 7.61. The van der Waals surface area contributed by atoms with Crippen molar-refractivity contribution >= 4 is 34.7 Å². The fourth-order valence-corrected chi connectivity index (χ4v) is 4.60. The highest BCUT2D eigenvalue weighted by atomic mass is 35.5. The Hall–Kier alpha value is -0.590. The first-order valence-electron chi connectivity index (χ1n) is 6.98. The summed E-state index contributed by atoms with van der Waals surface area (Å²) in [5.74, 6) is 0.634. The van der Waals surface area contributed by atoms with Gasteiger partial charge in [-0.15, -0.1) is 11.3 Å². The maximum atomic E-state index is 6.23. The van der Waals surface area contributed by atoms with Crippen molar-refractivity contribution in [3.63, 3.8) is 0 Å². The Morgan fingerprint density at radius 3 is 3.00 bits per heavy atom. The molecule has 2 heterocycles. The summed E-state index contributed by atoms with van der Waals surface area (Å²) in [6.07, 6.45) is 1.15. The molecule has 0 aliphatic carbocycles. The van der Waals surface area contributed by atoms with Crippen LogP contribution in [0.15, 0.2) is 39.6 Å². The van der Waals surface area contributed by atoms with E-state index in [4.69, 9.17) is 16.3 Å². The number of hydrogen-bond acceptors (Lipinski definition) is 5. The summed E-state index contributed by atoms with van der Waals surface area (Å²) in [6.45, 7) is 3.53. The minimum atomic E-state index is 0.619. The summed E-state index contributed by atoms with van der Waals surface area (Å²) in [6, 6.07) is 10.2. The summed E-state index contributed by atoms with van der Waals surface area (Å²) >= 11 is 9.55. The molecule has 1 N–H and O–H groups in total. The second-order valence-electron chi connectivity index (χ2n) is 4.97. The van der Waals surface area contributed by atoms with Crippen molar-refractivity contribution < 1.29 is 4.74 Å².